The van der Waals surface area contributed by atoms with Gasteiger partial charge < -0.3 is 15.0 Å². The number of hydrogen-bond donors (Lipinski definition) is 1. The first-order chi connectivity index (χ1) is 17.6. The lowest BCUT2D eigenvalue weighted by Crippen LogP contribution is -2.49. The van der Waals surface area contributed by atoms with Gasteiger partial charge in [0.25, 0.3) is 5.91 Å². The molecule has 0 radical (unpaired) electrons. The Balaban J connectivity index is 1.17. The average Bonchev–Trinajstić information content (AvgIpc) is 3.42. The fourth-order valence-electron chi connectivity index (χ4n) is 6.02. The van der Waals surface area contributed by atoms with Crippen molar-refractivity contribution in [2.75, 3.05) is 18.4 Å². The molecule has 7 heteroatoms. The second-order valence-corrected chi connectivity index (χ2v) is 10.2. The van der Waals surface area contributed by atoms with Crippen molar-refractivity contribution >= 4 is 23.6 Å². The smallest absolute Gasteiger partial charge is 0.410 e. The Bertz CT molecular complexity index is 1070. The highest BCUT2D eigenvalue weighted by molar-refractivity contribution is 5.98. The van der Waals surface area contributed by atoms with Crippen LogP contribution < -0.4 is 5.32 Å². The number of likely N-dealkylation sites (tertiary alicyclic amines) is 2. The third kappa shape index (κ3) is 5.40. The number of hydrogen-bond acceptors (Lipinski definition) is 4. The minimum atomic E-state index is -0.564. The summed E-state index contributed by atoms with van der Waals surface area (Å²) in [7, 11) is 0. The lowest BCUT2D eigenvalue weighted by Gasteiger charge is -2.44. The maximum absolute atomic E-state index is 13.3. The molecule has 3 aliphatic rings. The van der Waals surface area contributed by atoms with Crippen LogP contribution in [0.5, 0.6) is 0 Å². The molecule has 2 aromatic carbocycles. The number of anilines is 1. The molecule has 0 bridgehead atoms. The molecule has 1 unspecified atom stereocenters. The number of ether oxygens (including phenoxy) is 1. The minimum absolute atomic E-state index is 0.0904. The third-order valence-corrected chi connectivity index (χ3v) is 7.90. The van der Waals surface area contributed by atoms with Crippen molar-refractivity contribution in [3.63, 3.8) is 0 Å². The molecular formula is C29H35N3O4. The van der Waals surface area contributed by atoms with Gasteiger partial charge in [0.1, 0.15) is 12.6 Å². The zero-order chi connectivity index (χ0) is 24.9. The fourth-order valence-corrected chi connectivity index (χ4v) is 6.02. The topological polar surface area (TPSA) is 79.0 Å². The summed E-state index contributed by atoms with van der Waals surface area (Å²) in [6, 6.07) is 16.5. The van der Waals surface area contributed by atoms with E-state index in [9.17, 15) is 14.4 Å². The Labute approximate surface area is 212 Å². The molecule has 0 aromatic heterocycles. The van der Waals surface area contributed by atoms with Crippen molar-refractivity contribution in [2.45, 2.75) is 70.1 Å². The molecule has 3 atom stereocenters. The normalized spacial score (nSPS) is 23.6. The van der Waals surface area contributed by atoms with Crippen molar-refractivity contribution in [1.82, 2.24) is 9.80 Å². The number of nitrogens with zero attached hydrogens (tertiary/aromatic N) is 2. The minimum Gasteiger partial charge on any atom is -0.445 e. The van der Waals surface area contributed by atoms with Crippen molar-refractivity contribution < 1.29 is 19.1 Å². The van der Waals surface area contributed by atoms with Crippen LogP contribution in [0.4, 0.5) is 10.5 Å². The molecule has 1 aliphatic carbocycles. The Morgan fingerprint density at radius 3 is 2.31 bits per heavy atom. The van der Waals surface area contributed by atoms with E-state index in [1.54, 1.807) is 24.3 Å². The number of carbonyl (C=O) groups is 3. The highest BCUT2D eigenvalue weighted by Crippen LogP contribution is 2.36. The van der Waals surface area contributed by atoms with E-state index in [0.29, 0.717) is 36.2 Å². The van der Waals surface area contributed by atoms with Gasteiger partial charge in [0.05, 0.1) is 0 Å². The van der Waals surface area contributed by atoms with E-state index in [-0.39, 0.29) is 18.4 Å². The van der Waals surface area contributed by atoms with Gasteiger partial charge in [-0.1, -0.05) is 43.2 Å². The van der Waals surface area contributed by atoms with Crippen LogP contribution in [0.2, 0.25) is 0 Å². The average molecular weight is 490 g/mol. The second-order valence-electron chi connectivity index (χ2n) is 10.2. The van der Waals surface area contributed by atoms with Gasteiger partial charge in [0, 0.05) is 30.4 Å². The molecule has 5 rings (SSSR count). The van der Waals surface area contributed by atoms with E-state index in [2.05, 4.69) is 10.2 Å². The molecule has 7 nitrogen and oxygen atoms in total. The molecular weight excluding hydrogens is 454 g/mol. The number of benzene rings is 2. The summed E-state index contributed by atoms with van der Waals surface area (Å²) in [5, 5.41) is 2.92. The first-order valence-electron chi connectivity index (χ1n) is 13.3. The number of nitrogens with one attached hydrogen (secondary N) is 1. The molecule has 1 N–H and O–H groups in total. The first kappa shape index (κ1) is 24.3. The van der Waals surface area contributed by atoms with Crippen LogP contribution >= 0.6 is 0 Å². The summed E-state index contributed by atoms with van der Waals surface area (Å²) in [6.45, 7) is 1.51. The molecule has 190 valence electrons. The summed E-state index contributed by atoms with van der Waals surface area (Å²) >= 11 is 0. The lowest BCUT2D eigenvalue weighted by atomic mass is 9.78. The maximum atomic E-state index is 13.3. The molecule has 3 fully saturated rings. The SMILES string of the molecule is O=C(Nc1ccc(C(=O)N2CCC[C@@H]3CCCC[C@@H]32)cc1)C1CCCN1C(=O)OCc1ccccc1. The highest BCUT2D eigenvalue weighted by Gasteiger charge is 2.37. The van der Waals surface area contributed by atoms with Crippen molar-refractivity contribution in [1.29, 1.82) is 0 Å². The van der Waals surface area contributed by atoms with Gasteiger partial charge in [-0.3, -0.25) is 14.5 Å². The molecule has 2 saturated heterocycles. The van der Waals surface area contributed by atoms with Gasteiger partial charge in [-0.2, -0.15) is 0 Å². The zero-order valence-corrected chi connectivity index (χ0v) is 20.7. The zero-order valence-electron chi connectivity index (χ0n) is 20.7. The van der Waals surface area contributed by atoms with E-state index in [1.165, 1.54) is 30.6 Å². The highest BCUT2D eigenvalue weighted by atomic mass is 16.6. The number of fused-ring (bicyclic) bond motifs is 1. The largest absolute Gasteiger partial charge is 0.445 e. The van der Waals surface area contributed by atoms with Crippen LogP contribution in [0.15, 0.2) is 54.6 Å². The molecule has 2 aromatic rings. The van der Waals surface area contributed by atoms with Crippen molar-refractivity contribution in [3.8, 4) is 0 Å². The first-order valence-corrected chi connectivity index (χ1v) is 13.3. The molecule has 2 aliphatic heterocycles. The van der Waals surface area contributed by atoms with Crippen LogP contribution in [-0.2, 0) is 16.1 Å². The lowest BCUT2D eigenvalue weighted by molar-refractivity contribution is -0.120. The fraction of sp³-hybridized carbons (Fsp3) is 0.483. The number of piperidine rings is 1. The predicted octanol–water partition coefficient (Wildman–Crippen LogP) is 5.22. The number of carbonyl (C=O) groups excluding carboxylic acids is 3. The van der Waals surface area contributed by atoms with E-state index in [1.807, 2.05) is 30.3 Å². The van der Waals surface area contributed by atoms with Gasteiger partial charge in [0.2, 0.25) is 5.91 Å². The van der Waals surface area contributed by atoms with E-state index in [4.69, 9.17) is 4.74 Å². The summed E-state index contributed by atoms with van der Waals surface area (Å²) in [6.07, 6.45) is 8.01. The third-order valence-electron chi connectivity index (χ3n) is 7.90. The van der Waals surface area contributed by atoms with Crippen LogP contribution in [0.1, 0.15) is 67.3 Å². The summed E-state index contributed by atoms with van der Waals surface area (Å²) in [4.78, 5) is 42.5. The van der Waals surface area contributed by atoms with E-state index < -0.39 is 12.1 Å². The van der Waals surface area contributed by atoms with Gasteiger partial charge in [0.15, 0.2) is 0 Å². The van der Waals surface area contributed by atoms with Crippen LogP contribution in [-0.4, -0.2) is 52.9 Å². The molecule has 36 heavy (non-hydrogen) atoms. The monoisotopic (exact) mass is 489 g/mol. The maximum Gasteiger partial charge on any atom is 0.410 e. The Morgan fingerprint density at radius 1 is 0.806 bits per heavy atom. The van der Waals surface area contributed by atoms with Gasteiger partial charge in [-0.05, 0) is 74.3 Å². The van der Waals surface area contributed by atoms with Crippen LogP contribution in [0.25, 0.3) is 0 Å². The Hall–Kier alpha value is -3.35. The number of rotatable bonds is 5. The van der Waals surface area contributed by atoms with E-state index >= 15 is 0 Å². The molecule has 0 spiro atoms. The van der Waals surface area contributed by atoms with E-state index in [0.717, 1.165) is 31.4 Å². The van der Waals surface area contributed by atoms with Gasteiger partial charge >= 0.3 is 6.09 Å². The quantitative estimate of drug-likeness (QED) is 0.625. The summed E-state index contributed by atoms with van der Waals surface area (Å²) in [5.41, 5.74) is 2.19. The molecule has 1 saturated carbocycles. The Morgan fingerprint density at radius 2 is 1.50 bits per heavy atom. The van der Waals surface area contributed by atoms with Crippen LogP contribution in [0, 0.1) is 5.92 Å². The standard InChI is InChI=1S/C29H35N3O4/c33-27(26-13-7-19-32(26)29(35)36-20-21-8-2-1-3-9-21)30-24-16-14-23(15-17-24)28(34)31-18-6-11-22-10-4-5-12-25(22)31/h1-3,8-9,14-17,22,25-26H,4-7,10-13,18-20H2,(H,30,33)/t22-,25-,26?/m0/s1. The second kappa shape index (κ2) is 11.1. The summed E-state index contributed by atoms with van der Waals surface area (Å²) in [5.74, 6) is 0.501. The predicted molar refractivity (Wildman–Crippen MR) is 137 cm³/mol. The van der Waals surface area contributed by atoms with Gasteiger partial charge in [-0.25, -0.2) is 4.79 Å². The number of amides is 3. The summed E-state index contributed by atoms with van der Waals surface area (Å²) < 4.78 is 5.44. The molecule has 3 amide bonds. The van der Waals surface area contributed by atoms with Crippen molar-refractivity contribution in [3.05, 3.63) is 65.7 Å². The van der Waals surface area contributed by atoms with Crippen LogP contribution in [0.3, 0.4) is 0 Å². The molecule has 2 heterocycles. The Kier molecular flexibility index (Phi) is 7.54. The van der Waals surface area contributed by atoms with Crippen molar-refractivity contribution in [2.24, 2.45) is 5.92 Å². The van der Waals surface area contributed by atoms with Gasteiger partial charge in [-0.15, -0.1) is 0 Å².